The highest BCUT2D eigenvalue weighted by Gasteiger charge is 2.20. The minimum Gasteiger partial charge on any atom is -0.376 e. The summed E-state index contributed by atoms with van der Waals surface area (Å²) in [6, 6.07) is 7.24. The molecule has 122 valence electrons. The second-order valence-corrected chi connectivity index (χ2v) is 5.99. The Hall–Kier alpha value is -2.28. The van der Waals surface area contributed by atoms with Crippen molar-refractivity contribution in [3.05, 3.63) is 45.6 Å². The standard InChI is InChI=1S/C15H18ClN5O2/c16-10-1-3-11(4-2-10)17-9-14(22)18-12-5-6-13-19-20-15(23)21(13)8-7-12/h1-4,12,17H,5-9H2,(H,18,22)(H,20,23). The van der Waals surface area contributed by atoms with Gasteiger partial charge in [-0.05, 0) is 37.1 Å². The maximum atomic E-state index is 12.1. The number of nitrogens with one attached hydrogen (secondary N) is 3. The minimum atomic E-state index is -0.184. The molecule has 3 N–H and O–H groups in total. The second-order valence-electron chi connectivity index (χ2n) is 5.55. The van der Waals surface area contributed by atoms with Crippen LogP contribution in [0.2, 0.25) is 5.02 Å². The third-order valence-corrected chi connectivity index (χ3v) is 4.17. The molecule has 1 unspecified atom stereocenters. The van der Waals surface area contributed by atoms with Gasteiger partial charge >= 0.3 is 5.69 Å². The Labute approximate surface area is 138 Å². The second kappa shape index (κ2) is 6.87. The number of aromatic amines is 1. The van der Waals surface area contributed by atoms with Gasteiger partial charge in [-0.1, -0.05) is 11.6 Å². The van der Waals surface area contributed by atoms with Crippen LogP contribution in [0.1, 0.15) is 18.7 Å². The smallest absolute Gasteiger partial charge is 0.343 e. The van der Waals surface area contributed by atoms with Crippen molar-refractivity contribution in [3.63, 3.8) is 0 Å². The van der Waals surface area contributed by atoms with Crippen molar-refractivity contribution in [2.24, 2.45) is 0 Å². The molecule has 0 spiro atoms. The number of nitrogens with zero attached hydrogens (tertiary/aromatic N) is 2. The molecule has 0 bridgehead atoms. The van der Waals surface area contributed by atoms with E-state index in [4.69, 9.17) is 11.6 Å². The third-order valence-electron chi connectivity index (χ3n) is 3.92. The summed E-state index contributed by atoms with van der Waals surface area (Å²) < 4.78 is 1.64. The van der Waals surface area contributed by atoms with Crippen LogP contribution in [0.4, 0.5) is 5.69 Å². The van der Waals surface area contributed by atoms with Crippen molar-refractivity contribution in [1.29, 1.82) is 0 Å². The number of aromatic nitrogens is 3. The summed E-state index contributed by atoms with van der Waals surface area (Å²) in [5.41, 5.74) is 0.661. The molecule has 1 amide bonds. The van der Waals surface area contributed by atoms with Crippen LogP contribution in [0.3, 0.4) is 0 Å². The van der Waals surface area contributed by atoms with E-state index in [0.29, 0.717) is 18.0 Å². The summed E-state index contributed by atoms with van der Waals surface area (Å²) >= 11 is 5.82. The van der Waals surface area contributed by atoms with Crippen LogP contribution in [0.5, 0.6) is 0 Å². The molecule has 0 radical (unpaired) electrons. The number of rotatable bonds is 4. The normalized spacial score (nSPS) is 17.2. The van der Waals surface area contributed by atoms with Crippen molar-refractivity contribution in [3.8, 4) is 0 Å². The zero-order valence-corrected chi connectivity index (χ0v) is 13.3. The predicted molar refractivity (Wildman–Crippen MR) is 87.7 cm³/mol. The Kier molecular flexibility index (Phi) is 4.66. The molecule has 23 heavy (non-hydrogen) atoms. The molecule has 2 aromatic rings. The molecule has 1 aliphatic rings. The molecular formula is C15H18ClN5O2. The average Bonchev–Trinajstić information content (AvgIpc) is 2.77. The number of aryl methyl sites for hydroxylation is 1. The number of amides is 1. The van der Waals surface area contributed by atoms with Crippen molar-refractivity contribution in [1.82, 2.24) is 20.1 Å². The Bertz CT molecular complexity index is 737. The summed E-state index contributed by atoms with van der Waals surface area (Å²) in [7, 11) is 0. The van der Waals surface area contributed by atoms with Gasteiger partial charge in [-0.2, -0.15) is 5.10 Å². The molecule has 3 rings (SSSR count). The lowest BCUT2D eigenvalue weighted by Gasteiger charge is -2.16. The van der Waals surface area contributed by atoms with Gasteiger partial charge in [-0.25, -0.2) is 9.89 Å². The van der Waals surface area contributed by atoms with Crippen LogP contribution in [-0.4, -0.2) is 33.3 Å². The van der Waals surface area contributed by atoms with Crippen LogP contribution in [-0.2, 0) is 17.8 Å². The number of H-pyrrole nitrogens is 1. The Morgan fingerprint density at radius 1 is 1.35 bits per heavy atom. The molecule has 1 atom stereocenters. The molecule has 0 aliphatic carbocycles. The number of benzene rings is 1. The van der Waals surface area contributed by atoms with Gasteiger partial charge in [0, 0.05) is 29.7 Å². The van der Waals surface area contributed by atoms with Crippen LogP contribution >= 0.6 is 11.6 Å². The molecule has 7 nitrogen and oxygen atoms in total. The van der Waals surface area contributed by atoms with E-state index >= 15 is 0 Å². The lowest BCUT2D eigenvalue weighted by Crippen LogP contribution is -2.38. The first-order chi connectivity index (χ1) is 11.1. The summed E-state index contributed by atoms with van der Waals surface area (Å²) in [5.74, 6) is 0.685. The van der Waals surface area contributed by atoms with Gasteiger partial charge in [0.15, 0.2) is 0 Å². The van der Waals surface area contributed by atoms with E-state index < -0.39 is 0 Å². The van der Waals surface area contributed by atoms with Gasteiger partial charge < -0.3 is 10.6 Å². The van der Waals surface area contributed by atoms with E-state index in [1.165, 1.54) is 0 Å². The fourth-order valence-electron chi connectivity index (χ4n) is 2.68. The average molecular weight is 336 g/mol. The largest absolute Gasteiger partial charge is 0.376 e. The van der Waals surface area contributed by atoms with E-state index in [9.17, 15) is 9.59 Å². The highest BCUT2D eigenvalue weighted by Crippen LogP contribution is 2.13. The highest BCUT2D eigenvalue weighted by molar-refractivity contribution is 6.30. The summed E-state index contributed by atoms with van der Waals surface area (Å²) in [5, 5.41) is 13.2. The quantitative estimate of drug-likeness (QED) is 0.781. The molecule has 0 saturated carbocycles. The number of hydrogen-bond donors (Lipinski definition) is 3. The van der Waals surface area contributed by atoms with Gasteiger partial charge in [0.1, 0.15) is 5.82 Å². The molecule has 1 aromatic heterocycles. The van der Waals surface area contributed by atoms with E-state index in [2.05, 4.69) is 20.8 Å². The first-order valence-electron chi connectivity index (χ1n) is 7.55. The van der Waals surface area contributed by atoms with E-state index in [1.54, 1.807) is 16.7 Å². The van der Waals surface area contributed by atoms with E-state index in [-0.39, 0.29) is 24.2 Å². The van der Waals surface area contributed by atoms with Gasteiger partial charge in [-0.3, -0.25) is 9.36 Å². The van der Waals surface area contributed by atoms with Gasteiger partial charge in [0.05, 0.1) is 6.54 Å². The Morgan fingerprint density at radius 3 is 2.91 bits per heavy atom. The zero-order valence-electron chi connectivity index (χ0n) is 12.5. The minimum absolute atomic E-state index is 0.0515. The van der Waals surface area contributed by atoms with E-state index in [0.717, 1.165) is 24.4 Å². The Balaban J connectivity index is 1.49. The number of hydrogen-bond acceptors (Lipinski definition) is 4. The van der Waals surface area contributed by atoms with Crippen LogP contribution in [0, 0.1) is 0 Å². The van der Waals surface area contributed by atoms with Crippen molar-refractivity contribution < 1.29 is 4.79 Å². The van der Waals surface area contributed by atoms with Crippen LogP contribution < -0.4 is 16.3 Å². The summed E-state index contributed by atoms with van der Waals surface area (Å²) in [4.78, 5) is 23.6. The highest BCUT2D eigenvalue weighted by atomic mass is 35.5. The lowest BCUT2D eigenvalue weighted by molar-refractivity contribution is -0.120. The number of carbonyl (C=O) groups is 1. The zero-order chi connectivity index (χ0) is 16.2. The summed E-state index contributed by atoms with van der Waals surface area (Å²) in [6.07, 6.45) is 2.17. The lowest BCUT2D eigenvalue weighted by atomic mass is 10.1. The van der Waals surface area contributed by atoms with Gasteiger partial charge in [0.25, 0.3) is 0 Å². The van der Waals surface area contributed by atoms with Crippen molar-refractivity contribution >= 4 is 23.2 Å². The monoisotopic (exact) mass is 335 g/mol. The number of carbonyl (C=O) groups excluding carboxylic acids is 1. The van der Waals surface area contributed by atoms with Crippen LogP contribution in [0.25, 0.3) is 0 Å². The maximum Gasteiger partial charge on any atom is 0.343 e. The first kappa shape index (κ1) is 15.6. The number of anilines is 1. The molecule has 0 saturated heterocycles. The molecular weight excluding hydrogens is 318 g/mol. The van der Waals surface area contributed by atoms with E-state index in [1.807, 2.05) is 12.1 Å². The van der Waals surface area contributed by atoms with Crippen molar-refractivity contribution in [2.75, 3.05) is 11.9 Å². The number of halogens is 1. The number of fused-ring (bicyclic) bond motifs is 1. The molecule has 1 aliphatic heterocycles. The molecule has 1 aromatic carbocycles. The molecule has 8 heteroatoms. The Morgan fingerprint density at radius 2 is 2.13 bits per heavy atom. The fourth-order valence-corrected chi connectivity index (χ4v) is 2.80. The maximum absolute atomic E-state index is 12.1. The summed E-state index contributed by atoms with van der Waals surface area (Å²) in [6.45, 7) is 0.767. The molecule has 2 heterocycles. The van der Waals surface area contributed by atoms with Crippen LogP contribution in [0.15, 0.2) is 29.1 Å². The molecule has 0 fully saturated rings. The SMILES string of the molecule is O=C(CNc1ccc(Cl)cc1)NC1CCc2n[nH]c(=O)n2CC1. The van der Waals surface area contributed by atoms with Gasteiger partial charge in [-0.15, -0.1) is 0 Å². The first-order valence-corrected chi connectivity index (χ1v) is 7.92. The van der Waals surface area contributed by atoms with Gasteiger partial charge in [0.2, 0.25) is 5.91 Å². The third kappa shape index (κ3) is 3.92. The fraction of sp³-hybridized carbons (Fsp3) is 0.400. The predicted octanol–water partition coefficient (Wildman–Crippen LogP) is 1.16. The van der Waals surface area contributed by atoms with Crippen molar-refractivity contribution in [2.45, 2.75) is 31.8 Å². The topological polar surface area (TPSA) is 91.8 Å².